The van der Waals surface area contributed by atoms with Gasteiger partial charge in [0.05, 0.1) is 12.7 Å². The number of furan rings is 1. The van der Waals surface area contributed by atoms with Crippen molar-refractivity contribution < 1.29 is 9.15 Å². The van der Waals surface area contributed by atoms with Gasteiger partial charge in [0, 0.05) is 0 Å². The van der Waals surface area contributed by atoms with E-state index in [2.05, 4.69) is 24.3 Å². The molecule has 0 aliphatic heterocycles. The molecular weight excluding hydrogens is 212 g/mol. The highest BCUT2D eigenvalue weighted by molar-refractivity contribution is 5.97. The first-order valence-electron chi connectivity index (χ1n) is 5.48. The minimum absolute atomic E-state index is 0.765. The summed E-state index contributed by atoms with van der Waals surface area (Å²) in [7, 11) is 1.65. The van der Waals surface area contributed by atoms with Crippen LogP contribution < -0.4 is 4.74 Å². The van der Waals surface area contributed by atoms with E-state index in [-0.39, 0.29) is 0 Å². The molecule has 0 bridgehead atoms. The fraction of sp³-hybridized carbons (Fsp3) is 0.0667. The maximum atomic E-state index is 5.29. The van der Waals surface area contributed by atoms with Gasteiger partial charge in [0.25, 0.3) is 0 Å². The molecule has 3 rings (SSSR count). The summed E-state index contributed by atoms with van der Waals surface area (Å²) in [5, 5.41) is 2.42. The molecule has 0 atom stereocenters. The van der Waals surface area contributed by atoms with Crippen molar-refractivity contribution in [3.05, 3.63) is 55.0 Å². The molecule has 0 fully saturated rings. The number of rotatable bonds is 2. The molecular formula is C15H12O2. The van der Waals surface area contributed by atoms with E-state index in [1.165, 1.54) is 10.8 Å². The lowest BCUT2D eigenvalue weighted by Crippen LogP contribution is -1.84. The third-order valence-electron chi connectivity index (χ3n) is 2.93. The van der Waals surface area contributed by atoms with E-state index in [0.29, 0.717) is 0 Å². The van der Waals surface area contributed by atoms with Crippen LogP contribution in [0.4, 0.5) is 0 Å². The van der Waals surface area contributed by atoms with Crippen LogP contribution in [0, 0.1) is 0 Å². The maximum absolute atomic E-state index is 5.29. The summed E-state index contributed by atoms with van der Waals surface area (Å²) in [6.45, 7) is 0. The SMILES string of the molecule is COc1cocc1-c1cccc2ccccc12. The molecule has 0 N–H and O–H groups in total. The number of hydrogen-bond acceptors (Lipinski definition) is 2. The van der Waals surface area contributed by atoms with Gasteiger partial charge in [-0.15, -0.1) is 0 Å². The highest BCUT2D eigenvalue weighted by atomic mass is 16.5. The molecule has 0 aliphatic rings. The van der Waals surface area contributed by atoms with Crippen molar-refractivity contribution in [3.8, 4) is 16.9 Å². The maximum Gasteiger partial charge on any atom is 0.164 e. The van der Waals surface area contributed by atoms with Gasteiger partial charge < -0.3 is 9.15 Å². The molecule has 2 aromatic carbocycles. The van der Waals surface area contributed by atoms with E-state index < -0.39 is 0 Å². The molecule has 0 amide bonds. The fourth-order valence-corrected chi connectivity index (χ4v) is 2.10. The summed E-state index contributed by atoms with van der Waals surface area (Å²) in [6, 6.07) is 14.5. The summed E-state index contributed by atoms with van der Waals surface area (Å²) in [5.74, 6) is 0.765. The smallest absolute Gasteiger partial charge is 0.164 e. The summed E-state index contributed by atoms with van der Waals surface area (Å²) < 4.78 is 10.5. The number of ether oxygens (including phenoxy) is 1. The van der Waals surface area contributed by atoms with E-state index in [9.17, 15) is 0 Å². The van der Waals surface area contributed by atoms with E-state index in [1.807, 2.05) is 18.2 Å². The van der Waals surface area contributed by atoms with Crippen LogP contribution in [0.2, 0.25) is 0 Å². The first-order chi connectivity index (χ1) is 8.40. The number of benzene rings is 2. The average molecular weight is 224 g/mol. The first-order valence-corrected chi connectivity index (χ1v) is 5.48. The zero-order valence-corrected chi connectivity index (χ0v) is 9.51. The molecule has 3 aromatic rings. The van der Waals surface area contributed by atoms with Crippen molar-refractivity contribution in [2.45, 2.75) is 0 Å². The molecule has 0 saturated carbocycles. The normalized spacial score (nSPS) is 10.6. The minimum atomic E-state index is 0.765. The standard InChI is InChI=1S/C15H12O2/c1-16-15-10-17-9-14(15)13-8-4-6-11-5-2-3-7-12(11)13/h2-10H,1H3. The third-order valence-corrected chi connectivity index (χ3v) is 2.93. The van der Waals surface area contributed by atoms with Crippen LogP contribution in [0.15, 0.2) is 59.4 Å². The Morgan fingerprint density at radius 2 is 1.71 bits per heavy atom. The molecule has 0 unspecified atom stereocenters. The summed E-state index contributed by atoms with van der Waals surface area (Å²) in [6.07, 6.45) is 3.34. The number of methoxy groups -OCH3 is 1. The zero-order chi connectivity index (χ0) is 11.7. The fourth-order valence-electron chi connectivity index (χ4n) is 2.10. The topological polar surface area (TPSA) is 22.4 Å². The summed E-state index contributed by atoms with van der Waals surface area (Å²) in [5.41, 5.74) is 2.12. The van der Waals surface area contributed by atoms with Crippen molar-refractivity contribution in [1.82, 2.24) is 0 Å². The summed E-state index contributed by atoms with van der Waals surface area (Å²) in [4.78, 5) is 0. The van der Waals surface area contributed by atoms with Crippen LogP contribution in [0.3, 0.4) is 0 Å². The highest BCUT2D eigenvalue weighted by Crippen LogP contribution is 2.35. The third kappa shape index (κ3) is 1.58. The van der Waals surface area contributed by atoms with Gasteiger partial charge in [-0.05, 0) is 16.3 Å². The van der Waals surface area contributed by atoms with Crippen LogP contribution in [0.25, 0.3) is 21.9 Å². The Morgan fingerprint density at radius 1 is 0.882 bits per heavy atom. The van der Waals surface area contributed by atoms with Crippen LogP contribution >= 0.6 is 0 Å². The van der Waals surface area contributed by atoms with E-state index in [4.69, 9.17) is 9.15 Å². The highest BCUT2D eigenvalue weighted by Gasteiger charge is 2.10. The van der Waals surface area contributed by atoms with Gasteiger partial charge in [0.15, 0.2) is 5.75 Å². The van der Waals surface area contributed by atoms with Crippen molar-refractivity contribution in [2.75, 3.05) is 7.11 Å². The van der Waals surface area contributed by atoms with Crippen LogP contribution in [-0.4, -0.2) is 7.11 Å². The van der Waals surface area contributed by atoms with Gasteiger partial charge in [-0.1, -0.05) is 42.5 Å². The molecule has 17 heavy (non-hydrogen) atoms. The Bertz CT molecular complexity index is 647. The molecule has 0 aliphatic carbocycles. The van der Waals surface area contributed by atoms with E-state index >= 15 is 0 Å². The molecule has 84 valence electrons. The second kappa shape index (κ2) is 3.98. The monoisotopic (exact) mass is 224 g/mol. The first kappa shape index (κ1) is 9.97. The molecule has 0 radical (unpaired) electrons. The van der Waals surface area contributed by atoms with Crippen molar-refractivity contribution >= 4 is 10.8 Å². The molecule has 2 nitrogen and oxygen atoms in total. The molecule has 0 saturated heterocycles. The van der Waals surface area contributed by atoms with Gasteiger partial charge in [-0.2, -0.15) is 0 Å². The predicted molar refractivity (Wildman–Crippen MR) is 68.2 cm³/mol. The van der Waals surface area contributed by atoms with E-state index in [0.717, 1.165) is 16.9 Å². The zero-order valence-electron chi connectivity index (χ0n) is 9.51. The lowest BCUT2D eigenvalue weighted by atomic mass is 10.00. The number of hydrogen-bond donors (Lipinski definition) is 0. The van der Waals surface area contributed by atoms with Gasteiger partial charge in [0.2, 0.25) is 0 Å². The van der Waals surface area contributed by atoms with Crippen LogP contribution in [0.1, 0.15) is 0 Å². The lowest BCUT2D eigenvalue weighted by molar-refractivity contribution is 0.407. The lowest BCUT2D eigenvalue weighted by Gasteiger charge is -2.06. The largest absolute Gasteiger partial charge is 0.493 e. The quantitative estimate of drug-likeness (QED) is 0.653. The Balaban J connectivity index is 2.31. The molecule has 1 heterocycles. The van der Waals surface area contributed by atoms with Gasteiger partial charge in [0.1, 0.15) is 12.5 Å². The Morgan fingerprint density at radius 3 is 2.59 bits per heavy atom. The average Bonchev–Trinajstić information content (AvgIpc) is 2.86. The molecule has 0 spiro atoms. The van der Waals surface area contributed by atoms with Crippen molar-refractivity contribution in [3.63, 3.8) is 0 Å². The second-order valence-corrected chi connectivity index (χ2v) is 3.88. The van der Waals surface area contributed by atoms with Gasteiger partial charge in [-0.25, -0.2) is 0 Å². The minimum Gasteiger partial charge on any atom is -0.493 e. The van der Waals surface area contributed by atoms with E-state index in [1.54, 1.807) is 19.6 Å². The Kier molecular flexibility index (Phi) is 2.33. The van der Waals surface area contributed by atoms with Gasteiger partial charge in [-0.3, -0.25) is 0 Å². The second-order valence-electron chi connectivity index (χ2n) is 3.88. The van der Waals surface area contributed by atoms with Crippen LogP contribution in [0.5, 0.6) is 5.75 Å². The Hall–Kier alpha value is -2.22. The predicted octanol–water partition coefficient (Wildman–Crippen LogP) is 4.11. The summed E-state index contributed by atoms with van der Waals surface area (Å²) >= 11 is 0. The number of fused-ring (bicyclic) bond motifs is 1. The van der Waals surface area contributed by atoms with Gasteiger partial charge >= 0.3 is 0 Å². The molecule has 2 heteroatoms. The Labute approximate surface area is 99.4 Å². The molecule has 1 aromatic heterocycles. The van der Waals surface area contributed by atoms with Crippen molar-refractivity contribution in [1.29, 1.82) is 0 Å². The van der Waals surface area contributed by atoms with Crippen LogP contribution in [-0.2, 0) is 0 Å². The van der Waals surface area contributed by atoms with Crippen molar-refractivity contribution in [2.24, 2.45) is 0 Å².